The van der Waals surface area contributed by atoms with Gasteiger partial charge in [0.1, 0.15) is 6.10 Å². The summed E-state index contributed by atoms with van der Waals surface area (Å²) in [6.07, 6.45) is 2.59. The van der Waals surface area contributed by atoms with Gasteiger partial charge in [0.05, 0.1) is 27.5 Å². The van der Waals surface area contributed by atoms with Gasteiger partial charge in [-0.05, 0) is 25.8 Å². The summed E-state index contributed by atoms with van der Waals surface area (Å²) in [5.74, 6) is -0.185. The van der Waals surface area contributed by atoms with Crippen molar-refractivity contribution in [1.29, 1.82) is 0 Å². The van der Waals surface area contributed by atoms with Gasteiger partial charge in [0.25, 0.3) is 5.69 Å². The van der Waals surface area contributed by atoms with Crippen molar-refractivity contribution in [3.8, 4) is 0 Å². The number of nitro benzene ring substituents is 1. The molecule has 3 rings (SSSR count). The topological polar surface area (TPSA) is 85.2 Å². The van der Waals surface area contributed by atoms with E-state index in [1.54, 1.807) is 12.1 Å². The van der Waals surface area contributed by atoms with Gasteiger partial charge in [0.2, 0.25) is 0 Å². The van der Waals surface area contributed by atoms with Gasteiger partial charge in [0, 0.05) is 12.3 Å². The van der Waals surface area contributed by atoms with E-state index in [2.05, 4.69) is 4.98 Å². The molecule has 0 bridgehead atoms. The Labute approximate surface area is 114 Å². The summed E-state index contributed by atoms with van der Waals surface area (Å²) < 4.78 is 5.56. The van der Waals surface area contributed by atoms with Gasteiger partial charge in [-0.2, -0.15) is 0 Å². The van der Waals surface area contributed by atoms with Crippen LogP contribution in [0.5, 0.6) is 0 Å². The first-order chi connectivity index (χ1) is 9.58. The van der Waals surface area contributed by atoms with Crippen LogP contribution < -0.4 is 0 Å². The molecule has 1 aromatic carbocycles. The first-order valence-corrected chi connectivity index (χ1v) is 6.52. The fourth-order valence-corrected chi connectivity index (χ4v) is 2.68. The molecule has 1 saturated heterocycles. The van der Waals surface area contributed by atoms with Crippen LogP contribution >= 0.6 is 0 Å². The number of nitrogens with one attached hydrogen (secondary N) is 1. The predicted octanol–water partition coefficient (Wildman–Crippen LogP) is 2.83. The third-order valence-electron chi connectivity index (χ3n) is 3.67. The number of carbonyl (C=O) groups excluding carboxylic acids is 1. The van der Waals surface area contributed by atoms with Crippen LogP contribution in [0.3, 0.4) is 0 Å². The molecule has 2 atom stereocenters. The number of hydrogen-bond acceptors (Lipinski definition) is 4. The van der Waals surface area contributed by atoms with E-state index >= 15 is 0 Å². The monoisotopic (exact) mass is 274 g/mol. The van der Waals surface area contributed by atoms with E-state index in [0.29, 0.717) is 22.9 Å². The third-order valence-corrected chi connectivity index (χ3v) is 3.67. The molecule has 20 heavy (non-hydrogen) atoms. The SMILES string of the molecule is CC1CCC(C(=O)c2c[nH]c3cccc([N+](=O)[O-])c23)O1. The van der Waals surface area contributed by atoms with Crippen molar-refractivity contribution < 1.29 is 14.5 Å². The summed E-state index contributed by atoms with van der Waals surface area (Å²) in [6.45, 7) is 1.92. The molecule has 2 unspecified atom stereocenters. The number of nitro groups is 1. The Kier molecular flexibility index (Phi) is 3.02. The van der Waals surface area contributed by atoms with Crippen LogP contribution in [0.25, 0.3) is 10.9 Å². The standard InChI is InChI=1S/C14H14N2O4/c1-8-5-6-12(20-8)14(17)9-7-15-10-3-2-4-11(13(9)10)16(18)19/h2-4,7-8,12,15H,5-6H2,1H3. The molecule has 104 valence electrons. The first kappa shape index (κ1) is 12.8. The Balaban J connectivity index is 2.08. The number of ether oxygens (including phenoxy) is 1. The van der Waals surface area contributed by atoms with Crippen LogP contribution in [-0.2, 0) is 4.74 Å². The van der Waals surface area contributed by atoms with Gasteiger partial charge in [-0.15, -0.1) is 0 Å². The average Bonchev–Trinajstić information content (AvgIpc) is 3.03. The van der Waals surface area contributed by atoms with Crippen LogP contribution in [-0.4, -0.2) is 27.9 Å². The lowest BCUT2D eigenvalue weighted by Crippen LogP contribution is -2.20. The maximum atomic E-state index is 12.5. The molecule has 0 spiro atoms. The lowest BCUT2D eigenvalue weighted by atomic mass is 10.0. The number of aromatic amines is 1. The van der Waals surface area contributed by atoms with Crippen molar-refractivity contribution >= 4 is 22.4 Å². The molecular formula is C14H14N2O4. The zero-order valence-corrected chi connectivity index (χ0v) is 11.0. The highest BCUT2D eigenvalue weighted by molar-refractivity contribution is 6.12. The van der Waals surface area contributed by atoms with Gasteiger partial charge in [-0.1, -0.05) is 6.07 Å². The van der Waals surface area contributed by atoms with Gasteiger partial charge >= 0.3 is 0 Å². The third kappa shape index (κ3) is 1.98. The lowest BCUT2D eigenvalue weighted by Gasteiger charge is -2.09. The molecule has 6 heteroatoms. The number of H-pyrrole nitrogens is 1. The Morgan fingerprint density at radius 1 is 1.45 bits per heavy atom. The molecule has 1 N–H and O–H groups in total. The number of fused-ring (bicyclic) bond motifs is 1. The summed E-state index contributed by atoms with van der Waals surface area (Å²) in [4.78, 5) is 26.0. The second-order valence-electron chi connectivity index (χ2n) is 5.04. The minimum Gasteiger partial charge on any atom is -0.367 e. The highest BCUT2D eigenvalue weighted by atomic mass is 16.6. The number of nitrogens with zero attached hydrogens (tertiary/aromatic N) is 1. The molecule has 1 aliphatic heterocycles. The van der Waals surface area contributed by atoms with Crippen LogP contribution in [0.4, 0.5) is 5.69 Å². The summed E-state index contributed by atoms with van der Waals surface area (Å²) in [5.41, 5.74) is 0.873. The van der Waals surface area contributed by atoms with Crippen LogP contribution in [0.15, 0.2) is 24.4 Å². The predicted molar refractivity (Wildman–Crippen MR) is 72.9 cm³/mol. The highest BCUT2D eigenvalue weighted by Crippen LogP contribution is 2.31. The second kappa shape index (κ2) is 4.72. The molecule has 2 heterocycles. The lowest BCUT2D eigenvalue weighted by molar-refractivity contribution is -0.383. The van der Waals surface area contributed by atoms with Gasteiger partial charge < -0.3 is 9.72 Å². The smallest absolute Gasteiger partial charge is 0.279 e. The number of benzene rings is 1. The van der Waals surface area contributed by atoms with E-state index in [0.717, 1.165) is 6.42 Å². The fourth-order valence-electron chi connectivity index (χ4n) is 2.68. The number of Topliss-reactive ketones (excluding diaryl/α,β-unsaturated/α-hetero) is 1. The molecule has 0 aliphatic carbocycles. The molecular weight excluding hydrogens is 260 g/mol. The highest BCUT2D eigenvalue weighted by Gasteiger charge is 2.31. The maximum Gasteiger partial charge on any atom is 0.279 e. The van der Waals surface area contributed by atoms with E-state index in [1.807, 2.05) is 6.92 Å². The Morgan fingerprint density at radius 2 is 2.25 bits per heavy atom. The van der Waals surface area contributed by atoms with Crippen LogP contribution in [0.1, 0.15) is 30.1 Å². The largest absolute Gasteiger partial charge is 0.367 e. The summed E-state index contributed by atoms with van der Waals surface area (Å²) in [5, 5.41) is 11.5. The quantitative estimate of drug-likeness (QED) is 0.529. The number of hydrogen-bond donors (Lipinski definition) is 1. The summed E-state index contributed by atoms with van der Waals surface area (Å²) in [7, 11) is 0. The Bertz CT molecular complexity index is 692. The van der Waals surface area contributed by atoms with Crippen LogP contribution in [0, 0.1) is 10.1 Å². The summed E-state index contributed by atoms with van der Waals surface area (Å²) in [6, 6.07) is 4.72. The van der Waals surface area contributed by atoms with Crippen molar-refractivity contribution in [2.24, 2.45) is 0 Å². The van der Waals surface area contributed by atoms with Crippen molar-refractivity contribution in [2.45, 2.75) is 32.0 Å². The molecule has 6 nitrogen and oxygen atoms in total. The second-order valence-corrected chi connectivity index (χ2v) is 5.04. The number of aromatic nitrogens is 1. The molecule has 0 amide bonds. The zero-order valence-electron chi connectivity index (χ0n) is 11.0. The van der Waals surface area contributed by atoms with E-state index < -0.39 is 11.0 Å². The Hall–Kier alpha value is -2.21. The molecule has 0 saturated carbocycles. The number of carbonyl (C=O) groups is 1. The molecule has 0 radical (unpaired) electrons. The van der Waals surface area contributed by atoms with E-state index in [4.69, 9.17) is 4.74 Å². The van der Waals surface area contributed by atoms with E-state index in [1.165, 1.54) is 12.3 Å². The molecule has 2 aromatic rings. The molecule has 1 fully saturated rings. The maximum absolute atomic E-state index is 12.5. The van der Waals surface area contributed by atoms with Crippen molar-refractivity contribution in [2.75, 3.05) is 0 Å². The number of ketones is 1. The van der Waals surface area contributed by atoms with Crippen molar-refractivity contribution in [1.82, 2.24) is 4.98 Å². The van der Waals surface area contributed by atoms with Gasteiger partial charge in [-0.3, -0.25) is 14.9 Å². The summed E-state index contributed by atoms with van der Waals surface area (Å²) >= 11 is 0. The van der Waals surface area contributed by atoms with Gasteiger partial charge in [-0.25, -0.2) is 0 Å². The zero-order chi connectivity index (χ0) is 14.3. The van der Waals surface area contributed by atoms with E-state index in [9.17, 15) is 14.9 Å². The number of non-ortho nitro benzene ring substituents is 1. The van der Waals surface area contributed by atoms with Crippen molar-refractivity contribution in [3.63, 3.8) is 0 Å². The van der Waals surface area contributed by atoms with E-state index in [-0.39, 0.29) is 17.6 Å². The minimum absolute atomic E-state index is 0.0573. The molecule has 1 aliphatic rings. The van der Waals surface area contributed by atoms with Crippen LogP contribution in [0.2, 0.25) is 0 Å². The first-order valence-electron chi connectivity index (χ1n) is 6.52. The minimum atomic E-state index is -0.496. The molecule has 1 aromatic heterocycles. The average molecular weight is 274 g/mol. The Morgan fingerprint density at radius 3 is 2.90 bits per heavy atom. The fraction of sp³-hybridized carbons (Fsp3) is 0.357. The normalized spacial score (nSPS) is 22.2. The van der Waals surface area contributed by atoms with Crippen molar-refractivity contribution in [3.05, 3.63) is 40.1 Å². The van der Waals surface area contributed by atoms with Gasteiger partial charge in [0.15, 0.2) is 5.78 Å². The number of rotatable bonds is 3.